The van der Waals surface area contributed by atoms with Crippen LogP contribution in [0.15, 0.2) is 22.7 Å². The molecule has 1 N–H and O–H groups in total. The number of benzene rings is 1. The lowest BCUT2D eigenvalue weighted by Crippen LogP contribution is -2.28. The van der Waals surface area contributed by atoms with Crippen LogP contribution in [0.4, 0.5) is 13.2 Å². The number of rotatable bonds is 4. The van der Waals surface area contributed by atoms with Crippen LogP contribution in [-0.4, -0.2) is 17.8 Å². The number of carbonyl (C=O) groups excluding carboxylic acids is 1. The van der Waals surface area contributed by atoms with Gasteiger partial charge >= 0.3 is 6.18 Å². The normalized spacial score (nSPS) is 13.2. The first-order chi connectivity index (χ1) is 8.71. The summed E-state index contributed by atoms with van der Waals surface area (Å²) in [5, 5.41) is 2.28. The second kappa shape index (κ2) is 6.61. The molecule has 0 fully saturated rings. The number of carbonyl (C=O) groups is 1. The van der Waals surface area contributed by atoms with Gasteiger partial charge in [-0.15, -0.1) is 11.6 Å². The fourth-order valence-electron chi connectivity index (χ4n) is 1.43. The Kier molecular flexibility index (Phi) is 5.67. The third kappa shape index (κ3) is 5.03. The number of amides is 1. The maximum absolute atomic E-state index is 12.8. The van der Waals surface area contributed by atoms with Crippen molar-refractivity contribution in [1.29, 1.82) is 0 Å². The van der Waals surface area contributed by atoms with Gasteiger partial charge in [0.05, 0.1) is 11.1 Å². The van der Waals surface area contributed by atoms with E-state index in [4.69, 9.17) is 11.6 Å². The van der Waals surface area contributed by atoms with Crippen LogP contribution in [0.25, 0.3) is 0 Å². The molecule has 0 bridgehead atoms. The number of halogens is 5. The van der Waals surface area contributed by atoms with Crippen molar-refractivity contribution in [1.82, 2.24) is 5.32 Å². The van der Waals surface area contributed by atoms with Crippen molar-refractivity contribution in [2.24, 2.45) is 0 Å². The molecule has 1 unspecified atom stereocenters. The van der Waals surface area contributed by atoms with Crippen molar-refractivity contribution in [3.63, 3.8) is 0 Å². The Bertz CT molecular complexity index is 463. The molecule has 1 rings (SSSR count). The molecule has 0 saturated heterocycles. The summed E-state index contributed by atoms with van der Waals surface area (Å²) in [5.74, 6) is -0.753. The summed E-state index contributed by atoms with van der Waals surface area (Å²) in [6.45, 7) is 1.98. The highest BCUT2D eigenvalue weighted by Crippen LogP contribution is 2.33. The SMILES string of the molecule is CC(Cl)CCNC(=O)c1ccc(Br)cc1C(F)(F)F. The number of hydrogen-bond donors (Lipinski definition) is 1. The van der Waals surface area contributed by atoms with Crippen LogP contribution >= 0.6 is 27.5 Å². The minimum absolute atomic E-state index is 0.146. The molecule has 1 aromatic rings. The second-order valence-electron chi connectivity index (χ2n) is 4.01. The third-order valence-electron chi connectivity index (χ3n) is 2.36. The van der Waals surface area contributed by atoms with Crippen molar-refractivity contribution in [2.45, 2.75) is 24.9 Å². The van der Waals surface area contributed by atoms with E-state index in [9.17, 15) is 18.0 Å². The van der Waals surface area contributed by atoms with Gasteiger partial charge in [-0.25, -0.2) is 0 Å². The highest BCUT2D eigenvalue weighted by atomic mass is 79.9. The maximum Gasteiger partial charge on any atom is 0.417 e. The zero-order chi connectivity index (χ0) is 14.6. The molecule has 106 valence electrons. The van der Waals surface area contributed by atoms with Crippen LogP contribution in [-0.2, 0) is 6.18 Å². The van der Waals surface area contributed by atoms with Crippen molar-refractivity contribution < 1.29 is 18.0 Å². The van der Waals surface area contributed by atoms with Gasteiger partial charge in [0.1, 0.15) is 0 Å². The first kappa shape index (κ1) is 16.3. The Morgan fingerprint density at radius 2 is 2.11 bits per heavy atom. The third-order valence-corrected chi connectivity index (χ3v) is 3.07. The van der Waals surface area contributed by atoms with Crippen LogP contribution in [0.5, 0.6) is 0 Å². The average Bonchev–Trinajstić information content (AvgIpc) is 2.27. The van der Waals surface area contributed by atoms with E-state index in [-0.39, 0.29) is 16.4 Å². The molecular weight excluding hydrogens is 346 g/mol. The summed E-state index contributed by atoms with van der Waals surface area (Å²) in [5.41, 5.74) is -1.35. The molecule has 0 aromatic heterocycles. The van der Waals surface area contributed by atoms with Gasteiger partial charge in [0, 0.05) is 16.4 Å². The predicted octanol–water partition coefficient (Wildman–Crippen LogP) is 4.22. The average molecular weight is 359 g/mol. The van der Waals surface area contributed by atoms with E-state index in [1.807, 2.05) is 0 Å². The molecule has 0 aliphatic heterocycles. The molecule has 19 heavy (non-hydrogen) atoms. The Morgan fingerprint density at radius 1 is 1.47 bits per heavy atom. The molecule has 0 aliphatic rings. The van der Waals surface area contributed by atoms with E-state index in [1.165, 1.54) is 6.07 Å². The van der Waals surface area contributed by atoms with Gasteiger partial charge in [0.2, 0.25) is 0 Å². The summed E-state index contributed by atoms with van der Waals surface area (Å²) in [4.78, 5) is 11.7. The second-order valence-corrected chi connectivity index (χ2v) is 5.67. The zero-order valence-corrected chi connectivity index (χ0v) is 12.4. The first-order valence-electron chi connectivity index (χ1n) is 5.51. The van der Waals surface area contributed by atoms with Gasteiger partial charge in [-0.1, -0.05) is 15.9 Å². The Balaban J connectivity index is 2.91. The molecule has 0 heterocycles. The smallest absolute Gasteiger partial charge is 0.352 e. The molecular formula is C12H12BrClF3NO. The topological polar surface area (TPSA) is 29.1 Å². The van der Waals surface area contributed by atoms with Gasteiger partial charge < -0.3 is 5.32 Å². The van der Waals surface area contributed by atoms with Crippen LogP contribution in [0.2, 0.25) is 0 Å². The van der Waals surface area contributed by atoms with Crippen LogP contribution in [0.1, 0.15) is 29.3 Å². The summed E-state index contributed by atoms with van der Waals surface area (Å²) in [6.07, 6.45) is -4.08. The van der Waals surface area contributed by atoms with Gasteiger partial charge in [-0.3, -0.25) is 4.79 Å². The van der Waals surface area contributed by atoms with Crippen molar-refractivity contribution >= 4 is 33.4 Å². The maximum atomic E-state index is 12.8. The van der Waals surface area contributed by atoms with Gasteiger partial charge in [0.25, 0.3) is 5.91 Å². The highest BCUT2D eigenvalue weighted by molar-refractivity contribution is 9.10. The van der Waals surface area contributed by atoms with E-state index < -0.39 is 23.2 Å². The fraction of sp³-hybridized carbons (Fsp3) is 0.417. The van der Waals surface area contributed by atoms with E-state index in [0.29, 0.717) is 6.42 Å². The molecule has 2 nitrogen and oxygen atoms in total. The lowest BCUT2D eigenvalue weighted by molar-refractivity contribution is -0.138. The fourth-order valence-corrected chi connectivity index (χ4v) is 1.90. The molecule has 7 heteroatoms. The van der Waals surface area contributed by atoms with Crippen LogP contribution in [0, 0.1) is 0 Å². The van der Waals surface area contributed by atoms with E-state index in [1.54, 1.807) is 6.92 Å². The largest absolute Gasteiger partial charge is 0.417 e. The first-order valence-corrected chi connectivity index (χ1v) is 6.73. The number of alkyl halides is 4. The summed E-state index contributed by atoms with van der Waals surface area (Å²) >= 11 is 8.65. The summed E-state index contributed by atoms with van der Waals surface area (Å²) in [6, 6.07) is 3.43. The quantitative estimate of drug-likeness (QED) is 0.803. The zero-order valence-electron chi connectivity index (χ0n) is 10.0. The lowest BCUT2D eigenvalue weighted by atomic mass is 10.1. The minimum atomic E-state index is -4.57. The molecule has 0 saturated carbocycles. The van der Waals surface area contributed by atoms with Crippen molar-refractivity contribution in [3.05, 3.63) is 33.8 Å². The molecule has 0 aliphatic carbocycles. The Morgan fingerprint density at radius 3 is 2.63 bits per heavy atom. The van der Waals surface area contributed by atoms with E-state index >= 15 is 0 Å². The van der Waals surface area contributed by atoms with Gasteiger partial charge in [-0.05, 0) is 31.5 Å². The Hall–Kier alpha value is -0.750. The van der Waals surface area contributed by atoms with E-state index in [2.05, 4.69) is 21.2 Å². The molecule has 1 amide bonds. The lowest BCUT2D eigenvalue weighted by Gasteiger charge is -2.13. The molecule has 1 atom stereocenters. The Labute approximate surface area is 122 Å². The number of hydrogen-bond acceptors (Lipinski definition) is 1. The van der Waals surface area contributed by atoms with E-state index in [0.717, 1.165) is 12.1 Å². The molecule has 0 radical (unpaired) electrons. The number of nitrogens with one attached hydrogen (secondary N) is 1. The summed E-state index contributed by atoms with van der Waals surface area (Å²) < 4.78 is 38.7. The van der Waals surface area contributed by atoms with Crippen LogP contribution < -0.4 is 5.32 Å². The highest BCUT2D eigenvalue weighted by Gasteiger charge is 2.35. The summed E-state index contributed by atoms with van der Waals surface area (Å²) in [7, 11) is 0. The predicted molar refractivity (Wildman–Crippen MR) is 71.4 cm³/mol. The van der Waals surface area contributed by atoms with Crippen molar-refractivity contribution in [3.8, 4) is 0 Å². The monoisotopic (exact) mass is 357 g/mol. The molecule has 0 spiro atoms. The standard InChI is InChI=1S/C12H12BrClF3NO/c1-7(14)4-5-18-11(19)9-3-2-8(13)6-10(9)12(15,16)17/h2-3,6-7H,4-5H2,1H3,(H,18,19). The van der Waals surface area contributed by atoms with Crippen LogP contribution in [0.3, 0.4) is 0 Å². The van der Waals surface area contributed by atoms with Crippen molar-refractivity contribution in [2.75, 3.05) is 6.54 Å². The van der Waals surface area contributed by atoms with Gasteiger partial charge in [-0.2, -0.15) is 13.2 Å². The van der Waals surface area contributed by atoms with Gasteiger partial charge in [0.15, 0.2) is 0 Å². The molecule has 1 aromatic carbocycles. The minimum Gasteiger partial charge on any atom is -0.352 e.